The number of carbonyl (C=O) groups is 2. The molecule has 7 nitrogen and oxygen atoms in total. The molecule has 1 saturated carbocycles. The highest BCUT2D eigenvalue weighted by molar-refractivity contribution is 6.03. The van der Waals surface area contributed by atoms with Gasteiger partial charge in [0, 0.05) is 13.1 Å². The topological polar surface area (TPSA) is 84.7 Å². The molecule has 2 aliphatic rings. The summed E-state index contributed by atoms with van der Waals surface area (Å²) in [6, 6.07) is 7.23. The van der Waals surface area contributed by atoms with Gasteiger partial charge in [-0.3, -0.25) is 4.79 Å². The van der Waals surface area contributed by atoms with E-state index in [0.717, 1.165) is 12.8 Å². The van der Waals surface area contributed by atoms with Crippen molar-refractivity contribution in [1.82, 2.24) is 15.4 Å². The second-order valence-corrected chi connectivity index (χ2v) is 8.79. The van der Waals surface area contributed by atoms with Gasteiger partial charge in [0.25, 0.3) is 5.91 Å². The summed E-state index contributed by atoms with van der Waals surface area (Å²) in [5.41, 5.74) is 0.322. The molecule has 1 unspecified atom stereocenters. The van der Waals surface area contributed by atoms with Crippen molar-refractivity contribution in [1.29, 1.82) is 0 Å². The van der Waals surface area contributed by atoms with Gasteiger partial charge in [0.1, 0.15) is 5.60 Å². The SMILES string of the molecule is CC(C)(C)OC(=O)N1CC2CCC[C@@H]2[C@H]1CNC(=O)c1noc2ccccc12. The first-order valence-corrected chi connectivity index (χ1v) is 9.96. The van der Waals surface area contributed by atoms with Crippen molar-refractivity contribution in [2.45, 2.75) is 51.7 Å². The van der Waals surface area contributed by atoms with Crippen LogP contribution in [0.1, 0.15) is 50.5 Å². The van der Waals surface area contributed by atoms with E-state index in [1.54, 1.807) is 11.0 Å². The van der Waals surface area contributed by atoms with Crippen LogP contribution in [0.4, 0.5) is 4.79 Å². The molecule has 2 amide bonds. The largest absolute Gasteiger partial charge is 0.444 e. The van der Waals surface area contributed by atoms with Crippen molar-refractivity contribution in [2.75, 3.05) is 13.1 Å². The number of aromatic nitrogens is 1. The minimum atomic E-state index is -0.539. The van der Waals surface area contributed by atoms with Gasteiger partial charge in [-0.2, -0.15) is 0 Å². The zero-order valence-electron chi connectivity index (χ0n) is 16.6. The third-order valence-corrected chi connectivity index (χ3v) is 5.74. The molecule has 0 spiro atoms. The Bertz CT molecular complexity index is 885. The molecule has 1 aliphatic heterocycles. The maximum atomic E-state index is 12.7. The van der Waals surface area contributed by atoms with Gasteiger partial charge in [-0.25, -0.2) is 4.79 Å². The van der Waals surface area contributed by atoms with Gasteiger partial charge in [0.2, 0.25) is 0 Å². The molecular formula is C21H27N3O4. The zero-order chi connectivity index (χ0) is 19.9. The Kier molecular flexibility index (Phi) is 4.77. The number of amides is 2. The highest BCUT2D eigenvalue weighted by atomic mass is 16.6. The van der Waals surface area contributed by atoms with Crippen molar-refractivity contribution >= 4 is 23.0 Å². The molecule has 1 saturated heterocycles. The third kappa shape index (κ3) is 3.57. The lowest BCUT2D eigenvalue weighted by Crippen LogP contribution is -2.47. The molecule has 150 valence electrons. The Labute approximate surface area is 164 Å². The molecule has 2 heterocycles. The van der Waals surface area contributed by atoms with Gasteiger partial charge in [-0.1, -0.05) is 23.7 Å². The number of nitrogens with one attached hydrogen (secondary N) is 1. The molecule has 3 atom stereocenters. The fourth-order valence-corrected chi connectivity index (χ4v) is 4.54. The Balaban J connectivity index is 1.48. The van der Waals surface area contributed by atoms with Crippen molar-refractivity contribution in [3.05, 3.63) is 30.0 Å². The monoisotopic (exact) mass is 385 g/mol. The maximum Gasteiger partial charge on any atom is 0.410 e. The summed E-state index contributed by atoms with van der Waals surface area (Å²) in [7, 11) is 0. The van der Waals surface area contributed by atoms with Crippen LogP contribution in [0.5, 0.6) is 0 Å². The quantitative estimate of drug-likeness (QED) is 0.873. The first-order valence-electron chi connectivity index (χ1n) is 9.96. The molecule has 1 aromatic heterocycles. The molecular weight excluding hydrogens is 358 g/mol. The maximum absolute atomic E-state index is 12.7. The molecule has 2 fully saturated rings. The number of benzene rings is 1. The number of ether oxygens (including phenoxy) is 1. The van der Waals surface area contributed by atoms with E-state index >= 15 is 0 Å². The predicted octanol–water partition coefficient (Wildman–Crippen LogP) is 3.59. The van der Waals surface area contributed by atoms with Gasteiger partial charge < -0.3 is 19.5 Å². The number of nitrogens with zero attached hydrogens (tertiary/aromatic N) is 2. The number of hydrogen-bond donors (Lipinski definition) is 1. The van der Waals surface area contributed by atoms with Crippen LogP contribution in [0.3, 0.4) is 0 Å². The molecule has 4 rings (SSSR count). The Morgan fingerprint density at radius 2 is 2.07 bits per heavy atom. The minimum absolute atomic E-state index is 0.0514. The first-order chi connectivity index (χ1) is 13.3. The van der Waals surface area contributed by atoms with E-state index in [-0.39, 0.29) is 23.7 Å². The van der Waals surface area contributed by atoms with Crippen molar-refractivity contribution in [2.24, 2.45) is 11.8 Å². The Hall–Kier alpha value is -2.57. The lowest BCUT2D eigenvalue weighted by Gasteiger charge is -2.30. The van der Waals surface area contributed by atoms with Crippen LogP contribution >= 0.6 is 0 Å². The van der Waals surface area contributed by atoms with E-state index in [1.807, 2.05) is 39.0 Å². The summed E-state index contributed by atoms with van der Waals surface area (Å²) in [5.74, 6) is 0.611. The number of fused-ring (bicyclic) bond motifs is 2. The van der Waals surface area contributed by atoms with Gasteiger partial charge in [-0.15, -0.1) is 0 Å². The van der Waals surface area contributed by atoms with E-state index < -0.39 is 5.60 Å². The molecule has 2 aromatic rings. The first kappa shape index (κ1) is 18.8. The van der Waals surface area contributed by atoms with E-state index in [1.165, 1.54) is 6.42 Å². The highest BCUT2D eigenvalue weighted by Crippen LogP contribution is 2.42. The van der Waals surface area contributed by atoms with Gasteiger partial charge in [0.05, 0.1) is 11.4 Å². The van der Waals surface area contributed by atoms with E-state index in [0.29, 0.717) is 35.9 Å². The number of para-hydroxylation sites is 1. The summed E-state index contributed by atoms with van der Waals surface area (Å²) in [6.07, 6.45) is 3.09. The summed E-state index contributed by atoms with van der Waals surface area (Å²) >= 11 is 0. The van der Waals surface area contributed by atoms with Crippen LogP contribution in [0.2, 0.25) is 0 Å². The van der Waals surface area contributed by atoms with Crippen molar-refractivity contribution in [3.63, 3.8) is 0 Å². The zero-order valence-corrected chi connectivity index (χ0v) is 16.6. The van der Waals surface area contributed by atoms with Crippen LogP contribution in [0.15, 0.2) is 28.8 Å². The fraction of sp³-hybridized carbons (Fsp3) is 0.571. The normalized spacial score (nSPS) is 24.4. The predicted molar refractivity (Wildman–Crippen MR) is 104 cm³/mol. The average Bonchev–Trinajstić information content (AvgIpc) is 3.32. The Morgan fingerprint density at radius 3 is 2.86 bits per heavy atom. The molecule has 7 heteroatoms. The van der Waals surface area contributed by atoms with Crippen LogP contribution in [0, 0.1) is 11.8 Å². The van der Waals surface area contributed by atoms with Crippen LogP contribution in [-0.2, 0) is 4.74 Å². The molecule has 1 aromatic carbocycles. The summed E-state index contributed by atoms with van der Waals surface area (Å²) in [6.45, 7) is 6.70. The van der Waals surface area contributed by atoms with Crippen LogP contribution in [-0.4, -0.2) is 46.8 Å². The minimum Gasteiger partial charge on any atom is -0.444 e. The van der Waals surface area contributed by atoms with E-state index in [2.05, 4.69) is 10.5 Å². The highest BCUT2D eigenvalue weighted by Gasteiger charge is 2.47. The number of carbonyl (C=O) groups excluding carboxylic acids is 2. The van der Waals surface area contributed by atoms with Gasteiger partial charge in [0.15, 0.2) is 11.3 Å². The van der Waals surface area contributed by atoms with E-state index in [4.69, 9.17) is 9.26 Å². The average molecular weight is 385 g/mol. The number of rotatable bonds is 3. The lowest BCUT2D eigenvalue weighted by molar-refractivity contribution is 0.0200. The summed E-state index contributed by atoms with van der Waals surface area (Å²) in [5, 5.41) is 7.57. The Morgan fingerprint density at radius 1 is 1.29 bits per heavy atom. The third-order valence-electron chi connectivity index (χ3n) is 5.74. The second-order valence-electron chi connectivity index (χ2n) is 8.79. The summed E-state index contributed by atoms with van der Waals surface area (Å²) < 4.78 is 10.8. The molecule has 1 aliphatic carbocycles. The number of likely N-dealkylation sites (tertiary alicyclic amines) is 1. The van der Waals surface area contributed by atoms with Crippen LogP contribution in [0.25, 0.3) is 11.0 Å². The molecule has 0 bridgehead atoms. The smallest absolute Gasteiger partial charge is 0.410 e. The fourth-order valence-electron chi connectivity index (χ4n) is 4.54. The number of hydrogen-bond acceptors (Lipinski definition) is 5. The van der Waals surface area contributed by atoms with E-state index in [9.17, 15) is 9.59 Å². The standard InChI is InChI=1S/C21H27N3O4/c1-21(2,3)27-20(26)24-12-13-7-6-9-14(13)16(24)11-22-19(25)18-15-8-4-5-10-17(15)28-23-18/h4-5,8,10,13-14,16H,6-7,9,11-12H2,1-3H3,(H,22,25)/t13?,14-,16+/m0/s1. The van der Waals surface area contributed by atoms with Gasteiger partial charge in [-0.05, 0) is 57.6 Å². The molecule has 1 N–H and O–H groups in total. The van der Waals surface area contributed by atoms with Gasteiger partial charge >= 0.3 is 6.09 Å². The van der Waals surface area contributed by atoms with Crippen molar-refractivity contribution in [3.8, 4) is 0 Å². The lowest BCUT2D eigenvalue weighted by atomic mass is 9.94. The second kappa shape index (κ2) is 7.11. The molecule has 0 radical (unpaired) electrons. The molecule has 28 heavy (non-hydrogen) atoms. The van der Waals surface area contributed by atoms with Crippen molar-refractivity contribution < 1.29 is 18.8 Å². The summed E-state index contributed by atoms with van der Waals surface area (Å²) in [4.78, 5) is 27.2. The van der Waals surface area contributed by atoms with Crippen LogP contribution < -0.4 is 5.32 Å².